The third-order valence-electron chi connectivity index (χ3n) is 2.92. The fraction of sp³-hybridized carbons (Fsp3) is 0.143. The SMILES string of the molecule is Cc1cc(NCc2cc(N)ccc2N)ccc1N. The van der Waals surface area contributed by atoms with Crippen molar-refractivity contribution in [1.29, 1.82) is 0 Å². The summed E-state index contributed by atoms with van der Waals surface area (Å²) < 4.78 is 0. The number of nitrogens with one attached hydrogen (secondary N) is 1. The van der Waals surface area contributed by atoms with Crippen molar-refractivity contribution < 1.29 is 0 Å². The number of rotatable bonds is 3. The van der Waals surface area contributed by atoms with Crippen LogP contribution in [0.25, 0.3) is 0 Å². The lowest BCUT2D eigenvalue weighted by molar-refractivity contribution is 1.15. The molecule has 2 aromatic rings. The molecule has 0 fully saturated rings. The predicted molar refractivity (Wildman–Crippen MR) is 78.2 cm³/mol. The Labute approximate surface area is 107 Å². The number of nitrogens with two attached hydrogens (primary N) is 3. The number of nitrogen functional groups attached to an aromatic ring is 3. The van der Waals surface area contributed by atoms with E-state index in [1.807, 2.05) is 37.3 Å². The van der Waals surface area contributed by atoms with Gasteiger partial charge in [0.1, 0.15) is 0 Å². The molecule has 18 heavy (non-hydrogen) atoms. The van der Waals surface area contributed by atoms with E-state index < -0.39 is 0 Å². The van der Waals surface area contributed by atoms with Crippen molar-refractivity contribution >= 4 is 22.7 Å². The standard InChI is InChI=1S/C14H18N4/c1-9-6-12(3-5-13(9)16)18-8-10-7-11(15)2-4-14(10)17/h2-7,18H,8,15-17H2,1H3. The van der Waals surface area contributed by atoms with Gasteiger partial charge in [-0.25, -0.2) is 0 Å². The van der Waals surface area contributed by atoms with Crippen LogP contribution in [-0.2, 0) is 6.54 Å². The minimum Gasteiger partial charge on any atom is -0.399 e. The number of hydrogen-bond acceptors (Lipinski definition) is 4. The van der Waals surface area contributed by atoms with Gasteiger partial charge in [-0.15, -0.1) is 0 Å². The zero-order valence-corrected chi connectivity index (χ0v) is 10.4. The van der Waals surface area contributed by atoms with Gasteiger partial charge in [0.15, 0.2) is 0 Å². The molecule has 4 heteroatoms. The Kier molecular flexibility index (Phi) is 3.28. The molecule has 0 radical (unpaired) electrons. The molecular weight excluding hydrogens is 224 g/mol. The lowest BCUT2D eigenvalue weighted by Crippen LogP contribution is -2.04. The van der Waals surface area contributed by atoms with E-state index in [0.29, 0.717) is 6.54 Å². The maximum absolute atomic E-state index is 5.89. The fourth-order valence-corrected chi connectivity index (χ4v) is 1.76. The molecule has 0 saturated heterocycles. The first-order valence-electron chi connectivity index (χ1n) is 5.80. The minimum absolute atomic E-state index is 0.639. The molecule has 7 N–H and O–H groups in total. The molecule has 0 aliphatic heterocycles. The van der Waals surface area contributed by atoms with Gasteiger partial charge in [0, 0.05) is 29.3 Å². The Bertz CT molecular complexity index is 564. The highest BCUT2D eigenvalue weighted by molar-refractivity contribution is 5.59. The first kappa shape index (κ1) is 12.1. The summed E-state index contributed by atoms with van der Waals surface area (Å²) in [5, 5.41) is 3.31. The van der Waals surface area contributed by atoms with Gasteiger partial charge in [0.05, 0.1) is 0 Å². The van der Waals surface area contributed by atoms with Gasteiger partial charge in [-0.2, -0.15) is 0 Å². The summed E-state index contributed by atoms with van der Waals surface area (Å²) in [5.41, 5.74) is 22.7. The van der Waals surface area contributed by atoms with Gasteiger partial charge in [-0.3, -0.25) is 0 Å². The lowest BCUT2D eigenvalue weighted by atomic mass is 10.1. The van der Waals surface area contributed by atoms with Crippen molar-refractivity contribution in [1.82, 2.24) is 0 Å². The van der Waals surface area contributed by atoms with Gasteiger partial charge in [-0.05, 0) is 54.4 Å². The normalized spacial score (nSPS) is 10.3. The fourth-order valence-electron chi connectivity index (χ4n) is 1.76. The summed E-state index contributed by atoms with van der Waals surface area (Å²) in [5.74, 6) is 0. The van der Waals surface area contributed by atoms with E-state index in [1.165, 1.54) is 0 Å². The molecule has 0 atom stereocenters. The second-order valence-corrected chi connectivity index (χ2v) is 4.38. The average molecular weight is 242 g/mol. The third kappa shape index (κ3) is 2.66. The zero-order valence-electron chi connectivity index (χ0n) is 10.4. The minimum atomic E-state index is 0.639. The van der Waals surface area contributed by atoms with Crippen LogP contribution in [0.5, 0.6) is 0 Å². The summed E-state index contributed by atoms with van der Waals surface area (Å²) in [7, 11) is 0. The molecule has 0 aliphatic rings. The quantitative estimate of drug-likeness (QED) is 0.622. The van der Waals surface area contributed by atoms with Crippen LogP contribution in [0.1, 0.15) is 11.1 Å². The van der Waals surface area contributed by atoms with E-state index in [4.69, 9.17) is 17.2 Å². The second-order valence-electron chi connectivity index (χ2n) is 4.38. The van der Waals surface area contributed by atoms with Crippen molar-refractivity contribution in [2.75, 3.05) is 22.5 Å². The number of aryl methyl sites for hydroxylation is 1. The first-order valence-corrected chi connectivity index (χ1v) is 5.80. The van der Waals surface area contributed by atoms with Crippen molar-refractivity contribution in [3.05, 3.63) is 47.5 Å². The molecule has 2 aromatic carbocycles. The van der Waals surface area contributed by atoms with E-state index in [9.17, 15) is 0 Å². The summed E-state index contributed by atoms with van der Waals surface area (Å²) in [6.45, 7) is 2.62. The Balaban J connectivity index is 2.11. The van der Waals surface area contributed by atoms with Crippen LogP contribution in [0.4, 0.5) is 22.7 Å². The Morgan fingerprint density at radius 1 is 0.944 bits per heavy atom. The third-order valence-corrected chi connectivity index (χ3v) is 2.92. The average Bonchev–Trinajstić information content (AvgIpc) is 2.34. The van der Waals surface area contributed by atoms with E-state index in [0.717, 1.165) is 33.9 Å². The first-order chi connectivity index (χ1) is 8.56. The molecule has 4 nitrogen and oxygen atoms in total. The van der Waals surface area contributed by atoms with Crippen molar-refractivity contribution in [2.24, 2.45) is 0 Å². The van der Waals surface area contributed by atoms with Gasteiger partial charge in [0.25, 0.3) is 0 Å². The molecule has 0 aromatic heterocycles. The Morgan fingerprint density at radius 2 is 1.67 bits per heavy atom. The maximum atomic E-state index is 5.89. The van der Waals surface area contributed by atoms with Crippen molar-refractivity contribution in [3.63, 3.8) is 0 Å². The second kappa shape index (κ2) is 4.87. The summed E-state index contributed by atoms with van der Waals surface area (Å²) in [6, 6.07) is 11.3. The van der Waals surface area contributed by atoms with Crippen LogP contribution in [0.2, 0.25) is 0 Å². The van der Waals surface area contributed by atoms with Crippen LogP contribution in [0.15, 0.2) is 36.4 Å². The largest absolute Gasteiger partial charge is 0.399 e. The molecule has 2 rings (SSSR count). The van der Waals surface area contributed by atoms with E-state index >= 15 is 0 Å². The molecule has 0 aliphatic carbocycles. The molecule has 0 bridgehead atoms. The van der Waals surface area contributed by atoms with Gasteiger partial charge in [0.2, 0.25) is 0 Å². The summed E-state index contributed by atoms with van der Waals surface area (Å²) in [4.78, 5) is 0. The van der Waals surface area contributed by atoms with Crippen LogP contribution >= 0.6 is 0 Å². The molecular formula is C14H18N4. The zero-order chi connectivity index (χ0) is 13.1. The highest BCUT2D eigenvalue weighted by Gasteiger charge is 2.01. The topological polar surface area (TPSA) is 90.1 Å². The van der Waals surface area contributed by atoms with Crippen LogP contribution < -0.4 is 22.5 Å². The molecule has 0 heterocycles. The molecule has 0 saturated carbocycles. The number of anilines is 4. The predicted octanol–water partition coefficient (Wildman–Crippen LogP) is 2.35. The lowest BCUT2D eigenvalue weighted by Gasteiger charge is -2.11. The van der Waals surface area contributed by atoms with Crippen molar-refractivity contribution in [2.45, 2.75) is 13.5 Å². The number of benzene rings is 2. The van der Waals surface area contributed by atoms with Crippen LogP contribution in [0, 0.1) is 6.92 Å². The van der Waals surface area contributed by atoms with E-state index in [2.05, 4.69) is 5.32 Å². The van der Waals surface area contributed by atoms with Crippen molar-refractivity contribution in [3.8, 4) is 0 Å². The van der Waals surface area contributed by atoms with Crippen LogP contribution in [-0.4, -0.2) is 0 Å². The summed E-state index contributed by atoms with van der Waals surface area (Å²) in [6.07, 6.45) is 0. The van der Waals surface area contributed by atoms with Gasteiger partial charge < -0.3 is 22.5 Å². The Morgan fingerprint density at radius 3 is 2.39 bits per heavy atom. The highest BCUT2D eigenvalue weighted by atomic mass is 14.9. The van der Waals surface area contributed by atoms with E-state index in [1.54, 1.807) is 6.07 Å². The van der Waals surface area contributed by atoms with E-state index in [-0.39, 0.29) is 0 Å². The highest BCUT2D eigenvalue weighted by Crippen LogP contribution is 2.20. The molecule has 0 unspecified atom stereocenters. The summed E-state index contributed by atoms with van der Waals surface area (Å²) >= 11 is 0. The maximum Gasteiger partial charge on any atom is 0.0421 e. The van der Waals surface area contributed by atoms with Gasteiger partial charge >= 0.3 is 0 Å². The molecule has 94 valence electrons. The molecule has 0 spiro atoms. The van der Waals surface area contributed by atoms with Gasteiger partial charge in [-0.1, -0.05) is 0 Å². The molecule has 0 amide bonds. The monoisotopic (exact) mass is 242 g/mol. The van der Waals surface area contributed by atoms with Crippen LogP contribution in [0.3, 0.4) is 0 Å². The number of hydrogen-bond donors (Lipinski definition) is 4. The Hall–Kier alpha value is -2.36. The smallest absolute Gasteiger partial charge is 0.0421 e.